The van der Waals surface area contributed by atoms with Crippen molar-refractivity contribution in [2.75, 3.05) is 24.5 Å². The predicted molar refractivity (Wildman–Crippen MR) is 79.5 cm³/mol. The molecule has 0 spiro atoms. The van der Waals surface area contributed by atoms with E-state index in [-0.39, 0.29) is 6.04 Å². The first-order chi connectivity index (χ1) is 9.88. The SMILES string of the molecule is CC(C)N(CC1CCCNC1)c1ccc(C(F)(F)F)cc1. The van der Waals surface area contributed by atoms with Crippen LogP contribution in [0.15, 0.2) is 24.3 Å². The normalized spacial score (nSPS) is 19.8. The molecular weight excluding hydrogens is 277 g/mol. The van der Waals surface area contributed by atoms with Crippen LogP contribution in [0.5, 0.6) is 0 Å². The quantitative estimate of drug-likeness (QED) is 0.906. The van der Waals surface area contributed by atoms with Crippen LogP contribution in [-0.2, 0) is 6.18 Å². The molecule has 118 valence electrons. The Kier molecular flexibility index (Phi) is 5.14. The molecule has 1 N–H and O–H groups in total. The Morgan fingerprint density at radius 1 is 1.24 bits per heavy atom. The van der Waals surface area contributed by atoms with Crippen LogP contribution in [0.1, 0.15) is 32.3 Å². The molecule has 0 amide bonds. The highest BCUT2D eigenvalue weighted by Gasteiger charge is 2.30. The highest BCUT2D eigenvalue weighted by Crippen LogP contribution is 2.31. The van der Waals surface area contributed by atoms with Gasteiger partial charge in [0.2, 0.25) is 0 Å². The molecule has 21 heavy (non-hydrogen) atoms. The molecule has 0 aromatic heterocycles. The number of piperidine rings is 1. The first-order valence-corrected chi connectivity index (χ1v) is 7.52. The predicted octanol–water partition coefficient (Wildman–Crippen LogP) is 3.92. The molecule has 1 unspecified atom stereocenters. The first-order valence-electron chi connectivity index (χ1n) is 7.52. The molecule has 1 saturated heterocycles. The lowest BCUT2D eigenvalue weighted by Crippen LogP contribution is -2.41. The molecule has 1 aromatic rings. The van der Waals surface area contributed by atoms with Crippen molar-refractivity contribution in [1.82, 2.24) is 5.32 Å². The Labute approximate surface area is 124 Å². The van der Waals surface area contributed by atoms with Crippen molar-refractivity contribution in [3.8, 4) is 0 Å². The number of anilines is 1. The topological polar surface area (TPSA) is 15.3 Å². The highest BCUT2D eigenvalue weighted by molar-refractivity contribution is 5.49. The van der Waals surface area contributed by atoms with E-state index in [2.05, 4.69) is 24.1 Å². The molecule has 2 rings (SSSR count). The standard InChI is InChI=1S/C16H23F3N2/c1-12(2)21(11-13-4-3-9-20-10-13)15-7-5-14(6-8-15)16(17,18)19/h5-8,12-13,20H,3-4,9-11H2,1-2H3. The largest absolute Gasteiger partial charge is 0.416 e. The fourth-order valence-electron chi connectivity index (χ4n) is 2.81. The van der Waals surface area contributed by atoms with E-state index >= 15 is 0 Å². The van der Waals surface area contributed by atoms with E-state index < -0.39 is 11.7 Å². The van der Waals surface area contributed by atoms with Crippen molar-refractivity contribution in [1.29, 1.82) is 0 Å². The molecule has 0 aliphatic carbocycles. The van der Waals surface area contributed by atoms with Gasteiger partial charge in [0, 0.05) is 18.3 Å². The Morgan fingerprint density at radius 2 is 1.90 bits per heavy atom. The average molecular weight is 300 g/mol. The summed E-state index contributed by atoms with van der Waals surface area (Å²) in [6, 6.07) is 5.77. The second-order valence-corrected chi connectivity index (χ2v) is 6.00. The Bertz CT molecular complexity index is 434. The summed E-state index contributed by atoms with van der Waals surface area (Å²) in [7, 11) is 0. The number of nitrogens with zero attached hydrogens (tertiary/aromatic N) is 1. The van der Waals surface area contributed by atoms with E-state index in [0.29, 0.717) is 5.92 Å². The van der Waals surface area contributed by atoms with Crippen molar-refractivity contribution in [2.45, 2.75) is 38.9 Å². The van der Waals surface area contributed by atoms with Gasteiger partial charge >= 0.3 is 6.18 Å². The molecule has 2 nitrogen and oxygen atoms in total. The maximum Gasteiger partial charge on any atom is 0.416 e. The van der Waals surface area contributed by atoms with Crippen molar-refractivity contribution in [2.24, 2.45) is 5.92 Å². The lowest BCUT2D eigenvalue weighted by atomic mass is 9.98. The summed E-state index contributed by atoms with van der Waals surface area (Å²) in [6.45, 7) is 7.10. The summed E-state index contributed by atoms with van der Waals surface area (Å²) >= 11 is 0. The smallest absolute Gasteiger partial charge is 0.369 e. The van der Waals surface area contributed by atoms with Gasteiger partial charge in [-0.3, -0.25) is 0 Å². The zero-order valence-corrected chi connectivity index (χ0v) is 12.6. The Balaban J connectivity index is 2.10. The molecule has 0 radical (unpaired) electrons. The van der Waals surface area contributed by atoms with E-state index in [9.17, 15) is 13.2 Å². The number of halogens is 3. The molecule has 1 aromatic carbocycles. The number of hydrogen-bond acceptors (Lipinski definition) is 2. The van der Waals surface area contributed by atoms with Crippen molar-refractivity contribution in [3.63, 3.8) is 0 Å². The van der Waals surface area contributed by atoms with Crippen LogP contribution >= 0.6 is 0 Å². The summed E-state index contributed by atoms with van der Waals surface area (Å²) in [4.78, 5) is 2.19. The molecule has 1 fully saturated rings. The zero-order chi connectivity index (χ0) is 15.5. The molecule has 5 heteroatoms. The van der Waals surface area contributed by atoms with E-state index in [0.717, 1.165) is 25.3 Å². The highest BCUT2D eigenvalue weighted by atomic mass is 19.4. The average Bonchev–Trinajstić information content (AvgIpc) is 2.45. The van der Waals surface area contributed by atoms with Gasteiger partial charge in [-0.15, -0.1) is 0 Å². The van der Waals surface area contributed by atoms with Crippen molar-refractivity contribution < 1.29 is 13.2 Å². The molecular formula is C16H23F3N2. The fourth-order valence-corrected chi connectivity index (χ4v) is 2.81. The van der Waals surface area contributed by atoms with Crippen LogP contribution in [0, 0.1) is 5.92 Å². The van der Waals surface area contributed by atoms with Crippen LogP contribution in [0.25, 0.3) is 0 Å². The number of hydrogen-bond donors (Lipinski definition) is 1. The number of nitrogens with one attached hydrogen (secondary N) is 1. The third-order valence-electron chi connectivity index (χ3n) is 4.00. The molecule has 0 bridgehead atoms. The summed E-state index contributed by atoms with van der Waals surface area (Å²) in [6.07, 6.45) is -1.92. The second-order valence-electron chi connectivity index (χ2n) is 6.00. The van der Waals surface area contributed by atoms with Gasteiger partial charge in [-0.05, 0) is 70.0 Å². The monoisotopic (exact) mass is 300 g/mol. The van der Waals surface area contributed by atoms with Crippen LogP contribution < -0.4 is 10.2 Å². The van der Waals surface area contributed by atoms with E-state index in [1.807, 2.05) is 0 Å². The van der Waals surface area contributed by atoms with Gasteiger partial charge in [0.15, 0.2) is 0 Å². The zero-order valence-electron chi connectivity index (χ0n) is 12.6. The third kappa shape index (κ3) is 4.37. The van der Waals surface area contributed by atoms with Crippen LogP contribution in [0.4, 0.5) is 18.9 Å². The number of alkyl halides is 3. The van der Waals surface area contributed by atoms with Crippen LogP contribution in [-0.4, -0.2) is 25.7 Å². The first kappa shape index (κ1) is 16.1. The molecule has 1 aliphatic rings. The minimum atomic E-state index is -4.27. The molecule has 1 heterocycles. The minimum absolute atomic E-state index is 0.267. The number of benzene rings is 1. The van der Waals surface area contributed by atoms with Crippen molar-refractivity contribution in [3.05, 3.63) is 29.8 Å². The lowest BCUT2D eigenvalue weighted by Gasteiger charge is -2.34. The molecule has 0 saturated carbocycles. The maximum absolute atomic E-state index is 12.6. The Hall–Kier alpha value is -1.23. The fraction of sp³-hybridized carbons (Fsp3) is 0.625. The van der Waals surface area contributed by atoms with Gasteiger partial charge in [0.25, 0.3) is 0 Å². The van der Waals surface area contributed by atoms with E-state index in [1.165, 1.54) is 25.0 Å². The molecule has 1 aliphatic heterocycles. The van der Waals surface area contributed by atoms with Gasteiger partial charge < -0.3 is 10.2 Å². The van der Waals surface area contributed by atoms with Gasteiger partial charge in [0.1, 0.15) is 0 Å². The van der Waals surface area contributed by atoms with Gasteiger partial charge in [-0.2, -0.15) is 13.2 Å². The summed E-state index contributed by atoms with van der Waals surface area (Å²) in [5, 5.41) is 3.38. The summed E-state index contributed by atoms with van der Waals surface area (Å²) in [5.74, 6) is 0.559. The second kappa shape index (κ2) is 6.69. The summed E-state index contributed by atoms with van der Waals surface area (Å²) in [5.41, 5.74) is 0.276. The van der Waals surface area contributed by atoms with Gasteiger partial charge in [-0.25, -0.2) is 0 Å². The van der Waals surface area contributed by atoms with E-state index in [4.69, 9.17) is 0 Å². The summed E-state index contributed by atoms with van der Waals surface area (Å²) < 4.78 is 37.9. The maximum atomic E-state index is 12.6. The van der Waals surface area contributed by atoms with Crippen LogP contribution in [0.3, 0.4) is 0 Å². The number of rotatable bonds is 4. The van der Waals surface area contributed by atoms with Gasteiger partial charge in [0.05, 0.1) is 5.56 Å². The lowest BCUT2D eigenvalue weighted by molar-refractivity contribution is -0.137. The Morgan fingerprint density at radius 3 is 2.38 bits per heavy atom. The molecule has 1 atom stereocenters. The van der Waals surface area contributed by atoms with Crippen molar-refractivity contribution >= 4 is 5.69 Å². The van der Waals surface area contributed by atoms with Gasteiger partial charge in [-0.1, -0.05) is 0 Å². The third-order valence-corrected chi connectivity index (χ3v) is 4.00. The van der Waals surface area contributed by atoms with E-state index in [1.54, 1.807) is 12.1 Å². The van der Waals surface area contributed by atoms with Crippen LogP contribution in [0.2, 0.25) is 0 Å². The minimum Gasteiger partial charge on any atom is -0.369 e.